The van der Waals surface area contributed by atoms with Crippen molar-refractivity contribution in [2.24, 2.45) is 5.41 Å². The van der Waals surface area contributed by atoms with Crippen LogP contribution in [0.2, 0.25) is 0 Å². The highest BCUT2D eigenvalue weighted by atomic mass is 15.2. The predicted octanol–water partition coefficient (Wildman–Crippen LogP) is 2.98. The number of hydrogen-bond acceptors (Lipinski definition) is 2. The molecule has 2 fully saturated rings. The van der Waals surface area contributed by atoms with Gasteiger partial charge in [-0.2, -0.15) is 0 Å². The summed E-state index contributed by atoms with van der Waals surface area (Å²) in [7, 11) is 0. The van der Waals surface area contributed by atoms with Crippen molar-refractivity contribution in [2.45, 2.75) is 65.5 Å². The molecule has 2 aliphatic rings. The number of likely N-dealkylation sites (tertiary alicyclic amines) is 2. The van der Waals surface area contributed by atoms with Crippen LogP contribution in [0.15, 0.2) is 0 Å². The van der Waals surface area contributed by atoms with Crippen LogP contribution in [0.3, 0.4) is 0 Å². The minimum atomic E-state index is 0.631. The lowest BCUT2D eigenvalue weighted by Gasteiger charge is -2.42. The molecule has 2 unspecified atom stereocenters. The molecule has 0 aromatic carbocycles. The van der Waals surface area contributed by atoms with Crippen molar-refractivity contribution in [1.29, 1.82) is 0 Å². The van der Waals surface area contributed by atoms with E-state index in [1.807, 2.05) is 0 Å². The average molecular weight is 238 g/mol. The molecule has 0 aromatic rings. The Morgan fingerprint density at radius 2 is 1.71 bits per heavy atom. The summed E-state index contributed by atoms with van der Waals surface area (Å²) >= 11 is 0. The lowest BCUT2D eigenvalue weighted by Crippen LogP contribution is -2.48. The highest BCUT2D eigenvalue weighted by Gasteiger charge is 2.42. The summed E-state index contributed by atoms with van der Waals surface area (Å²) in [5.74, 6) is 0. The van der Waals surface area contributed by atoms with Crippen molar-refractivity contribution >= 4 is 0 Å². The van der Waals surface area contributed by atoms with Gasteiger partial charge < -0.3 is 9.80 Å². The van der Waals surface area contributed by atoms with Gasteiger partial charge in [0.2, 0.25) is 0 Å². The zero-order valence-corrected chi connectivity index (χ0v) is 12.2. The lowest BCUT2D eigenvalue weighted by atomic mass is 9.79. The highest BCUT2D eigenvalue weighted by Crippen LogP contribution is 2.40. The van der Waals surface area contributed by atoms with Crippen LogP contribution < -0.4 is 0 Å². The van der Waals surface area contributed by atoms with E-state index in [-0.39, 0.29) is 0 Å². The van der Waals surface area contributed by atoms with Crippen LogP contribution in [0.25, 0.3) is 0 Å². The molecule has 0 aromatic heterocycles. The fourth-order valence-electron chi connectivity index (χ4n) is 3.62. The van der Waals surface area contributed by atoms with Gasteiger partial charge in [0.1, 0.15) is 0 Å². The summed E-state index contributed by atoms with van der Waals surface area (Å²) in [4.78, 5) is 5.42. The van der Waals surface area contributed by atoms with Crippen molar-refractivity contribution in [1.82, 2.24) is 9.80 Å². The number of nitrogens with zero attached hydrogens (tertiary/aromatic N) is 2. The molecule has 0 radical (unpaired) electrons. The molecule has 1 spiro atoms. The largest absolute Gasteiger partial charge is 0.300 e. The zero-order valence-electron chi connectivity index (χ0n) is 12.2. The first-order chi connectivity index (χ1) is 8.06. The molecule has 2 nitrogen and oxygen atoms in total. The van der Waals surface area contributed by atoms with Gasteiger partial charge in [-0.25, -0.2) is 0 Å². The van der Waals surface area contributed by atoms with Gasteiger partial charge in [-0.1, -0.05) is 6.92 Å². The standard InChI is InChI=1S/C15H30N2/c1-5-14(4)17-10-8-15(12-17)7-6-9-16(11-15)13(2)3/h13-14H,5-12H2,1-4H3. The van der Waals surface area contributed by atoms with E-state index < -0.39 is 0 Å². The highest BCUT2D eigenvalue weighted by molar-refractivity contribution is 4.96. The monoisotopic (exact) mass is 238 g/mol. The van der Waals surface area contributed by atoms with Crippen LogP contribution in [0, 0.1) is 5.41 Å². The van der Waals surface area contributed by atoms with Gasteiger partial charge >= 0.3 is 0 Å². The van der Waals surface area contributed by atoms with Gasteiger partial charge in [-0.15, -0.1) is 0 Å². The third kappa shape index (κ3) is 2.85. The van der Waals surface area contributed by atoms with E-state index in [0.717, 1.165) is 12.1 Å². The molecule has 2 rings (SSSR count). The fourth-order valence-corrected chi connectivity index (χ4v) is 3.62. The van der Waals surface area contributed by atoms with E-state index >= 15 is 0 Å². The second-order valence-corrected chi connectivity index (χ2v) is 6.65. The first-order valence-electron chi connectivity index (χ1n) is 7.54. The Bertz CT molecular complexity index is 251. The Hall–Kier alpha value is -0.0800. The van der Waals surface area contributed by atoms with Crippen LogP contribution in [0.5, 0.6) is 0 Å². The summed E-state index contributed by atoms with van der Waals surface area (Å²) in [6.07, 6.45) is 5.60. The van der Waals surface area contributed by atoms with Gasteiger partial charge in [0, 0.05) is 25.2 Å². The second-order valence-electron chi connectivity index (χ2n) is 6.65. The first kappa shape index (κ1) is 13.4. The molecule has 0 bridgehead atoms. The summed E-state index contributed by atoms with van der Waals surface area (Å²) in [5.41, 5.74) is 0.631. The first-order valence-corrected chi connectivity index (χ1v) is 7.54. The molecule has 17 heavy (non-hydrogen) atoms. The lowest BCUT2D eigenvalue weighted by molar-refractivity contribution is 0.0668. The quantitative estimate of drug-likeness (QED) is 0.746. The molecule has 2 atom stereocenters. The maximum Gasteiger partial charge on any atom is 0.00645 e. The van der Waals surface area contributed by atoms with E-state index in [1.165, 1.54) is 51.9 Å². The predicted molar refractivity (Wildman–Crippen MR) is 74.3 cm³/mol. The Morgan fingerprint density at radius 3 is 2.35 bits per heavy atom. The molecule has 0 amide bonds. The van der Waals surface area contributed by atoms with Crippen LogP contribution in [0.1, 0.15) is 53.4 Å². The van der Waals surface area contributed by atoms with Gasteiger partial charge in [0.25, 0.3) is 0 Å². The Balaban J connectivity index is 1.96. The molecule has 0 aliphatic carbocycles. The molecule has 2 heterocycles. The van der Waals surface area contributed by atoms with Crippen molar-refractivity contribution in [2.75, 3.05) is 26.2 Å². The van der Waals surface area contributed by atoms with Crippen LogP contribution in [-0.4, -0.2) is 48.1 Å². The average Bonchev–Trinajstić information content (AvgIpc) is 2.72. The van der Waals surface area contributed by atoms with Gasteiger partial charge in [-0.05, 0) is 65.0 Å². The van der Waals surface area contributed by atoms with Crippen LogP contribution in [0.4, 0.5) is 0 Å². The van der Waals surface area contributed by atoms with E-state index in [2.05, 4.69) is 37.5 Å². The molecule has 2 saturated heterocycles. The van der Waals surface area contributed by atoms with Crippen LogP contribution in [-0.2, 0) is 0 Å². The number of piperidine rings is 1. The zero-order chi connectivity index (χ0) is 12.5. The summed E-state index contributed by atoms with van der Waals surface area (Å²) in [6.45, 7) is 14.8. The minimum absolute atomic E-state index is 0.631. The number of hydrogen-bond donors (Lipinski definition) is 0. The molecule has 2 heteroatoms. The summed E-state index contributed by atoms with van der Waals surface area (Å²) in [5, 5.41) is 0. The summed E-state index contributed by atoms with van der Waals surface area (Å²) in [6, 6.07) is 1.51. The SMILES string of the molecule is CCC(C)N1CCC2(CCCN(C(C)C)C2)C1. The van der Waals surface area contributed by atoms with E-state index in [0.29, 0.717) is 5.41 Å². The Kier molecular flexibility index (Phi) is 4.14. The topological polar surface area (TPSA) is 6.48 Å². The third-order valence-corrected chi connectivity index (χ3v) is 5.10. The third-order valence-electron chi connectivity index (χ3n) is 5.10. The van der Waals surface area contributed by atoms with E-state index in [9.17, 15) is 0 Å². The Morgan fingerprint density at radius 1 is 1.00 bits per heavy atom. The smallest absolute Gasteiger partial charge is 0.00645 e. The summed E-state index contributed by atoms with van der Waals surface area (Å²) < 4.78 is 0. The maximum absolute atomic E-state index is 2.73. The van der Waals surface area contributed by atoms with Gasteiger partial charge in [0.05, 0.1) is 0 Å². The number of rotatable bonds is 3. The molecule has 0 saturated carbocycles. The van der Waals surface area contributed by atoms with Crippen molar-refractivity contribution in [3.05, 3.63) is 0 Å². The fraction of sp³-hybridized carbons (Fsp3) is 1.00. The van der Waals surface area contributed by atoms with Crippen molar-refractivity contribution in [3.63, 3.8) is 0 Å². The van der Waals surface area contributed by atoms with E-state index in [1.54, 1.807) is 0 Å². The second kappa shape index (κ2) is 5.27. The van der Waals surface area contributed by atoms with Gasteiger partial charge in [0.15, 0.2) is 0 Å². The normalized spacial score (nSPS) is 33.7. The molecule has 0 N–H and O–H groups in total. The Labute approximate surface area is 107 Å². The van der Waals surface area contributed by atoms with Crippen LogP contribution >= 0.6 is 0 Å². The van der Waals surface area contributed by atoms with Crippen molar-refractivity contribution in [3.8, 4) is 0 Å². The molecular weight excluding hydrogens is 208 g/mol. The van der Waals surface area contributed by atoms with Gasteiger partial charge in [-0.3, -0.25) is 0 Å². The molecule has 2 aliphatic heterocycles. The van der Waals surface area contributed by atoms with Crippen molar-refractivity contribution < 1.29 is 0 Å². The molecule has 100 valence electrons. The minimum Gasteiger partial charge on any atom is -0.300 e. The molecular formula is C15H30N2. The maximum atomic E-state index is 2.73. The van der Waals surface area contributed by atoms with E-state index in [4.69, 9.17) is 0 Å².